The summed E-state index contributed by atoms with van der Waals surface area (Å²) < 4.78 is 0. The van der Waals surface area contributed by atoms with Crippen LogP contribution in [0, 0.1) is 11.8 Å². The number of hydrogen-bond acceptors (Lipinski definition) is 1. The van der Waals surface area contributed by atoms with Gasteiger partial charge in [0.2, 0.25) is 0 Å². The molecule has 1 nitrogen and oxygen atoms in total. The molecule has 0 bridgehead atoms. The van der Waals surface area contributed by atoms with E-state index < -0.39 is 0 Å². The van der Waals surface area contributed by atoms with E-state index in [0.29, 0.717) is 0 Å². The lowest BCUT2D eigenvalue weighted by molar-refractivity contribution is 0.266. The first-order valence-corrected chi connectivity index (χ1v) is 7.10. The minimum Gasteiger partial charge on any atom is -0.317 e. The summed E-state index contributed by atoms with van der Waals surface area (Å²) in [6.07, 6.45) is 7.12. The highest BCUT2D eigenvalue weighted by atomic mass is 14.9. The molecule has 92 valence electrons. The monoisotopic (exact) mass is 229 g/mol. The molecule has 4 atom stereocenters. The van der Waals surface area contributed by atoms with Crippen LogP contribution >= 0.6 is 0 Å². The summed E-state index contributed by atoms with van der Waals surface area (Å²) in [6.45, 7) is 0. The maximum atomic E-state index is 3.47. The number of hydrogen-bond donors (Lipinski definition) is 1. The van der Waals surface area contributed by atoms with E-state index in [0.717, 1.165) is 23.8 Å². The van der Waals surface area contributed by atoms with Gasteiger partial charge in [0, 0.05) is 6.04 Å². The molecule has 0 heterocycles. The van der Waals surface area contributed by atoms with Crippen molar-refractivity contribution >= 4 is 0 Å². The summed E-state index contributed by atoms with van der Waals surface area (Å²) >= 11 is 0. The molecule has 0 aliphatic heterocycles. The summed E-state index contributed by atoms with van der Waals surface area (Å²) in [5, 5.41) is 3.47. The van der Waals surface area contributed by atoms with Crippen LogP contribution in [0.1, 0.15) is 43.6 Å². The molecule has 0 aromatic heterocycles. The predicted octanol–water partition coefficient (Wildman–Crippen LogP) is 3.57. The van der Waals surface area contributed by atoms with Crippen LogP contribution in [0.4, 0.5) is 0 Å². The normalized spacial score (nSPS) is 36.8. The van der Waals surface area contributed by atoms with Crippen molar-refractivity contribution in [2.24, 2.45) is 11.8 Å². The molecule has 0 spiro atoms. The zero-order valence-electron chi connectivity index (χ0n) is 10.7. The Kier molecular flexibility index (Phi) is 3.19. The summed E-state index contributed by atoms with van der Waals surface area (Å²) in [5.41, 5.74) is 1.57. The highest BCUT2D eigenvalue weighted by Gasteiger charge is 2.44. The van der Waals surface area contributed by atoms with Crippen molar-refractivity contribution in [3.8, 4) is 0 Å². The lowest BCUT2D eigenvalue weighted by Crippen LogP contribution is -2.32. The Morgan fingerprint density at radius 1 is 1.06 bits per heavy atom. The van der Waals surface area contributed by atoms with E-state index in [1.807, 2.05) is 0 Å². The third-order valence-electron chi connectivity index (χ3n) is 4.80. The molecule has 2 saturated carbocycles. The molecular weight excluding hydrogens is 206 g/mol. The summed E-state index contributed by atoms with van der Waals surface area (Å²) in [5.74, 6) is 2.83. The Bertz CT molecular complexity index is 359. The first-order valence-electron chi connectivity index (χ1n) is 7.10. The van der Waals surface area contributed by atoms with E-state index in [1.165, 1.54) is 32.1 Å². The van der Waals surface area contributed by atoms with Gasteiger partial charge in [-0.05, 0) is 49.6 Å². The van der Waals surface area contributed by atoms with Gasteiger partial charge in [-0.25, -0.2) is 0 Å². The molecule has 3 rings (SSSR count). The molecule has 2 aliphatic rings. The standard InChI is InChI=1S/C16H23N/c1-17-14-9-5-8-13(10-14)16-11-15(16)12-6-3-2-4-7-12/h2-4,6-7,13-17H,5,8-11H2,1H3. The number of benzene rings is 1. The SMILES string of the molecule is CNC1CCCC(C2CC2c2ccccc2)C1. The Morgan fingerprint density at radius 3 is 2.65 bits per heavy atom. The van der Waals surface area contributed by atoms with Crippen molar-refractivity contribution < 1.29 is 0 Å². The minimum absolute atomic E-state index is 0.783. The molecule has 4 unspecified atom stereocenters. The maximum Gasteiger partial charge on any atom is 0.00668 e. The quantitative estimate of drug-likeness (QED) is 0.835. The zero-order valence-corrected chi connectivity index (χ0v) is 10.7. The average molecular weight is 229 g/mol. The zero-order chi connectivity index (χ0) is 11.7. The smallest absolute Gasteiger partial charge is 0.00668 e. The van der Waals surface area contributed by atoms with Gasteiger partial charge >= 0.3 is 0 Å². The lowest BCUT2D eigenvalue weighted by atomic mass is 9.81. The van der Waals surface area contributed by atoms with Gasteiger partial charge < -0.3 is 5.32 Å². The van der Waals surface area contributed by atoms with Gasteiger partial charge in [-0.1, -0.05) is 43.2 Å². The summed E-state index contributed by atoms with van der Waals surface area (Å²) in [6, 6.07) is 11.9. The fraction of sp³-hybridized carbons (Fsp3) is 0.625. The van der Waals surface area contributed by atoms with Crippen LogP contribution in [0.15, 0.2) is 30.3 Å². The Labute approximate surface area is 105 Å². The van der Waals surface area contributed by atoms with E-state index in [2.05, 4.69) is 42.7 Å². The van der Waals surface area contributed by atoms with Gasteiger partial charge in [0.25, 0.3) is 0 Å². The van der Waals surface area contributed by atoms with E-state index in [1.54, 1.807) is 5.56 Å². The van der Waals surface area contributed by atoms with E-state index in [4.69, 9.17) is 0 Å². The molecule has 0 saturated heterocycles. The molecule has 0 amide bonds. The second kappa shape index (κ2) is 4.81. The fourth-order valence-electron chi connectivity index (χ4n) is 3.70. The van der Waals surface area contributed by atoms with Crippen molar-refractivity contribution in [2.75, 3.05) is 7.05 Å². The van der Waals surface area contributed by atoms with Gasteiger partial charge in [0.1, 0.15) is 0 Å². The van der Waals surface area contributed by atoms with Crippen LogP contribution in [-0.2, 0) is 0 Å². The van der Waals surface area contributed by atoms with Crippen molar-refractivity contribution in [1.29, 1.82) is 0 Å². The van der Waals surface area contributed by atoms with Gasteiger partial charge in [-0.15, -0.1) is 0 Å². The average Bonchev–Trinajstić information content (AvgIpc) is 3.20. The largest absolute Gasteiger partial charge is 0.317 e. The molecule has 0 radical (unpaired) electrons. The first-order chi connectivity index (χ1) is 8.38. The Balaban J connectivity index is 1.61. The third-order valence-corrected chi connectivity index (χ3v) is 4.80. The molecule has 2 aliphatic carbocycles. The number of rotatable bonds is 3. The van der Waals surface area contributed by atoms with Gasteiger partial charge in [-0.2, -0.15) is 0 Å². The van der Waals surface area contributed by atoms with Gasteiger partial charge in [0.15, 0.2) is 0 Å². The van der Waals surface area contributed by atoms with Gasteiger partial charge in [0.05, 0.1) is 0 Å². The van der Waals surface area contributed by atoms with E-state index in [9.17, 15) is 0 Å². The van der Waals surface area contributed by atoms with E-state index in [-0.39, 0.29) is 0 Å². The Morgan fingerprint density at radius 2 is 1.88 bits per heavy atom. The van der Waals surface area contributed by atoms with Crippen molar-refractivity contribution in [3.63, 3.8) is 0 Å². The Hall–Kier alpha value is -0.820. The van der Waals surface area contributed by atoms with Gasteiger partial charge in [-0.3, -0.25) is 0 Å². The van der Waals surface area contributed by atoms with Crippen molar-refractivity contribution in [3.05, 3.63) is 35.9 Å². The van der Waals surface area contributed by atoms with Crippen LogP contribution in [0.25, 0.3) is 0 Å². The second-order valence-corrected chi connectivity index (χ2v) is 5.83. The minimum atomic E-state index is 0.783. The first kappa shape index (κ1) is 11.3. The van der Waals surface area contributed by atoms with Crippen LogP contribution in [0.3, 0.4) is 0 Å². The molecule has 17 heavy (non-hydrogen) atoms. The number of nitrogens with one attached hydrogen (secondary N) is 1. The van der Waals surface area contributed by atoms with Crippen LogP contribution in [0.2, 0.25) is 0 Å². The highest BCUT2D eigenvalue weighted by Crippen LogP contribution is 2.55. The molecule has 1 N–H and O–H groups in total. The van der Waals surface area contributed by atoms with Crippen LogP contribution in [-0.4, -0.2) is 13.1 Å². The van der Waals surface area contributed by atoms with Crippen LogP contribution in [0.5, 0.6) is 0 Å². The second-order valence-electron chi connectivity index (χ2n) is 5.83. The molecule has 1 aromatic rings. The molecule has 2 fully saturated rings. The highest BCUT2D eigenvalue weighted by molar-refractivity contribution is 5.26. The topological polar surface area (TPSA) is 12.0 Å². The third kappa shape index (κ3) is 2.40. The van der Waals surface area contributed by atoms with Crippen LogP contribution < -0.4 is 5.32 Å². The van der Waals surface area contributed by atoms with Crippen molar-refractivity contribution in [2.45, 2.75) is 44.1 Å². The fourth-order valence-corrected chi connectivity index (χ4v) is 3.70. The van der Waals surface area contributed by atoms with Crippen molar-refractivity contribution in [1.82, 2.24) is 5.32 Å². The summed E-state index contributed by atoms with van der Waals surface area (Å²) in [7, 11) is 2.12. The van der Waals surface area contributed by atoms with E-state index >= 15 is 0 Å². The summed E-state index contributed by atoms with van der Waals surface area (Å²) in [4.78, 5) is 0. The molecular formula is C16H23N. The molecule has 1 aromatic carbocycles. The maximum absolute atomic E-state index is 3.47. The molecule has 1 heteroatoms. The predicted molar refractivity (Wildman–Crippen MR) is 72.1 cm³/mol. The lowest BCUT2D eigenvalue weighted by Gasteiger charge is -2.29.